The molecule has 1 nitrogen and oxygen atoms in total. The van der Waals surface area contributed by atoms with Crippen LogP contribution in [0.15, 0.2) is 23.6 Å². The van der Waals surface area contributed by atoms with Crippen molar-refractivity contribution in [2.75, 3.05) is 0 Å². The van der Waals surface area contributed by atoms with Crippen LogP contribution in [-0.2, 0) is 6.18 Å². The second-order valence-electron chi connectivity index (χ2n) is 3.69. The number of fused-ring (bicyclic) bond motifs is 1. The molecular weight excluding hydrogens is 235 g/mol. The first kappa shape index (κ1) is 11.4. The number of rotatable bonds is 1. The second-order valence-corrected chi connectivity index (χ2v) is 4.60. The van der Waals surface area contributed by atoms with E-state index in [1.807, 2.05) is 5.38 Å². The Kier molecular flexibility index (Phi) is 2.67. The topological polar surface area (TPSA) is 26.0 Å². The van der Waals surface area contributed by atoms with Gasteiger partial charge >= 0.3 is 6.18 Å². The fourth-order valence-electron chi connectivity index (χ4n) is 1.58. The lowest BCUT2D eigenvalue weighted by molar-refractivity contribution is -0.137. The summed E-state index contributed by atoms with van der Waals surface area (Å²) in [7, 11) is 0. The summed E-state index contributed by atoms with van der Waals surface area (Å²) in [4.78, 5) is 0. The van der Waals surface area contributed by atoms with Gasteiger partial charge in [0.15, 0.2) is 0 Å². The summed E-state index contributed by atoms with van der Waals surface area (Å²) in [6.45, 7) is 1.77. The molecule has 1 unspecified atom stereocenters. The van der Waals surface area contributed by atoms with Crippen LogP contribution in [0.2, 0.25) is 0 Å². The Labute approximate surface area is 94.7 Å². The van der Waals surface area contributed by atoms with Gasteiger partial charge in [-0.3, -0.25) is 0 Å². The van der Waals surface area contributed by atoms with Crippen LogP contribution in [-0.4, -0.2) is 0 Å². The minimum atomic E-state index is -4.30. The SMILES string of the molecule is CC(N)c1csc2ccc(C(F)(F)F)cc12. The number of hydrogen-bond acceptors (Lipinski definition) is 2. The van der Waals surface area contributed by atoms with Crippen molar-refractivity contribution in [3.05, 3.63) is 34.7 Å². The van der Waals surface area contributed by atoms with Gasteiger partial charge in [0, 0.05) is 10.7 Å². The number of alkyl halides is 3. The van der Waals surface area contributed by atoms with E-state index in [-0.39, 0.29) is 6.04 Å². The van der Waals surface area contributed by atoms with Crippen LogP contribution in [0.3, 0.4) is 0 Å². The van der Waals surface area contributed by atoms with E-state index in [0.29, 0.717) is 5.39 Å². The highest BCUT2D eigenvalue weighted by molar-refractivity contribution is 7.17. The molecule has 86 valence electrons. The van der Waals surface area contributed by atoms with E-state index in [4.69, 9.17) is 5.73 Å². The van der Waals surface area contributed by atoms with E-state index in [1.165, 1.54) is 23.5 Å². The second kappa shape index (κ2) is 3.75. The first-order chi connectivity index (χ1) is 7.39. The minimum absolute atomic E-state index is 0.253. The third-order valence-corrected chi connectivity index (χ3v) is 3.40. The standard InChI is InChI=1S/C11H10F3NS/c1-6(15)9-5-16-10-3-2-7(4-8(9)10)11(12,13)14/h2-6H,15H2,1H3. The third kappa shape index (κ3) is 1.92. The van der Waals surface area contributed by atoms with E-state index in [0.717, 1.165) is 16.3 Å². The zero-order valence-electron chi connectivity index (χ0n) is 8.51. The molecular formula is C11H10F3NS. The summed E-state index contributed by atoms with van der Waals surface area (Å²) in [6.07, 6.45) is -4.30. The molecule has 1 heterocycles. The molecule has 1 aromatic carbocycles. The molecule has 2 rings (SSSR count). The number of nitrogens with two attached hydrogens (primary N) is 1. The molecule has 2 aromatic rings. The Balaban J connectivity index is 2.63. The van der Waals surface area contributed by atoms with E-state index >= 15 is 0 Å². The number of hydrogen-bond donors (Lipinski definition) is 1. The van der Waals surface area contributed by atoms with E-state index in [1.54, 1.807) is 6.92 Å². The van der Waals surface area contributed by atoms with Crippen LogP contribution >= 0.6 is 11.3 Å². The Morgan fingerprint density at radius 1 is 1.31 bits per heavy atom. The van der Waals surface area contributed by atoms with E-state index in [2.05, 4.69) is 0 Å². The van der Waals surface area contributed by atoms with Gasteiger partial charge in [0.2, 0.25) is 0 Å². The highest BCUT2D eigenvalue weighted by Gasteiger charge is 2.30. The molecule has 0 spiro atoms. The van der Waals surface area contributed by atoms with Crippen molar-refractivity contribution in [1.29, 1.82) is 0 Å². The zero-order chi connectivity index (χ0) is 11.9. The van der Waals surface area contributed by atoms with E-state index in [9.17, 15) is 13.2 Å². The van der Waals surface area contributed by atoms with Crippen molar-refractivity contribution in [2.24, 2.45) is 5.73 Å². The predicted octanol–water partition coefficient (Wildman–Crippen LogP) is 3.94. The first-order valence-corrected chi connectivity index (χ1v) is 5.61. The van der Waals surface area contributed by atoms with Gasteiger partial charge in [0.1, 0.15) is 0 Å². The Hall–Kier alpha value is -1.07. The van der Waals surface area contributed by atoms with Gasteiger partial charge in [-0.15, -0.1) is 11.3 Å². The summed E-state index contributed by atoms with van der Waals surface area (Å²) >= 11 is 1.41. The van der Waals surface area contributed by atoms with Crippen molar-refractivity contribution in [1.82, 2.24) is 0 Å². The largest absolute Gasteiger partial charge is 0.416 e. The molecule has 16 heavy (non-hydrogen) atoms. The van der Waals surface area contributed by atoms with Crippen LogP contribution < -0.4 is 5.73 Å². The average Bonchev–Trinajstić information content (AvgIpc) is 2.58. The molecule has 0 fully saturated rings. The van der Waals surface area contributed by atoms with Gasteiger partial charge in [0.25, 0.3) is 0 Å². The summed E-state index contributed by atoms with van der Waals surface area (Å²) in [5, 5.41) is 2.42. The normalized spacial score (nSPS) is 14.3. The lowest BCUT2D eigenvalue weighted by Gasteiger charge is -2.08. The van der Waals surface area contributed by atoms with Crippen LogP contribution in [0.25, 0.3) is 10.1 Å². The lowest BCUT2D eigenvalue weighted by atomic mass is 10.1. The van der Waals surface area contributed by atoms with Crippen molar-refractivity contribution in [2.45, 2.75) is 19.1 Å². The Morgan fingerprint density at radius 3 is 2.56 bits per heavy atom. The van der Waals surface area contributed by atoms with Crippen LogP contribution in [0.5, 0.6) is 0 Å². The van der Waals surface area contributed by atoms with Crippen molar-refractivity contribution < 1.29 is 13.2 Å². The number of benzene rings is 1. The fourth-order valence-corrected chi connectivity index (χ4v) is 2.62. The molecule has 0 saturated carbocycles. The molecule has 1 aromatic heterocycles. The molecule has 0 saturated heterocycles. The molecule has 0 aliphatic rings. The van der Waals surface area contributed by atoms with Gasteiger partial charge in [-0.1, -0.05) is 0 Å². The Bertz CT molecular complexity index is 513. The summed E-state index contributed by atoms with van der Waals surface area (Å²) < 4.78 is 38.4. The van der Waals surface area contributed by atoms with E-state index < -0.39 is 11.7 Å². The molecule has 2 N–H and O–H groups in total. The quantitative estimate of drug-likeness (QED) is 0.809. The molecule has 0 bridgehead atoms. The summed E-state index contributed by atoms with van der Waals surface area (Å²) in [5.74, 6) is 0. The lowest BCUT2D eigenvalue weighted by Crippen LogP contribution is -2.06. The van der Waals surface area contributed by atoms with Gasteiger partial charge in [-0.25, -0.2) is 0 Å². The average molecular weight is 245 g/mol. The number of halogens is 3. The molecule has 0 aliphatic carbocycles. The molecule has 0 aliphatic heterocycles. The van der Waals surface area contributed by atoms with Crippen LogP contribution in [0.4, 0.5) is 13.2 Å². The molecule has 1 atom stereocenters. The van der Waals surface area contributed by atoms with Gasteiger partial charge in [0.05, 0.1) is 5.56 Å². The predicted molar refractivity (Wildman–Crippen MR) is 59.4 cm³/mol. The number of thiophene rings is 1. The minimum Gasteiger partial charge on any atom is -0.324 e. The molecule has 0 radical (unpaired) electrons. The summed E-state index contributed by atoms with van der Waals surface area (Å²) in [6, 6.07) is 3.51. The highest BCUT2D eigenvalue weighted by Crippen LogP contribution is 2.35. The third-order valence-electron chi connectivity index (χ3n) is 2.42. The Morgan fingerprint density at radius 2 is 2.00 bits per heavy atom. The van der Waals surface area contributed by atoms with Crippen LogP contribution in [0.1, 0.15) is 24.1 Å². The van der Waals surface area contributed by atoms with Gasteiger partial charge in [-0.2, -0.15) is 13.2 Å². The first-order valence-electron chi connectivity index (χ1n) is 4.73. The smallest absolute Gasteiger partial charge is 0.324 e. The summed E-state index contributed by atoms with van der Waals surface area (Å²) in [5.41, 5.74) is 5.85. The van der Waals surface area contributed by atoms with Crippen molar-refractivity contribution >= 4 is 21.4 Å². The van der Waals surface area contributed by atoms with Gasteiger partial charge < -0.3 is 5.73 Å². The van der Waals surface area contributed by atoms with Crippen molar-refractivity contribution in [3.63, 3.8) is 0 Å². The highest BCUT2D eigenvalue weighted by atomic mass is 32.1. The van der Waals surface area contributed by atoms with Gasteiger partial charge in [-0.05, 0) is 41.5 Å². The maximum atomic E-state index is 12.5. The monoisotopic (exact) mass is 245 g/mol. The van der Waals surface area contributed by atoms with Crippen LogP contribution in [0, 0.1) is 0 Å². The molecule has 5 heteroatoms. The molecule has 0 amide bonds. The fraction of sp³-hybridized carbons (Fsp3) is 0.273. The maximum absolute atomic E-state index is 12.5. The van der Waals surface area contributed by atoms with Crippen molar-refractivity contribution in [3.8, 4) is 0 Å². The maximum Gasteiger partial charge on any atom is 0.416 e. The zero-order valence-corrected chi connectivity index (χ0v) is 9.32.